The van der Waals surface area contributed by atoms with Crippen molar-refractivity contribution >= 4 is 11.2 Å². The summed E-state index contributed by atoms with van der Waals surface area (Å²) in [6.07, 6.45) is 2.61. The summed E-state index contributed by atoms with van der Waals surface area (Å²) < 4.78 is 3.10. The van der Waals surface area contributed by atoms with Crippen LogP contribution in [0.5, 0.6) is 0 Å². The Morgan fingerprint density at radius 2 is 1.62 bits per heavy atom. The second-order valence-electron chi connectivity index (χ2n) is 9.30. The lowest BCUT2D eigenvalue weighted by Gasteiger charge is -2.12. The summed E-state index contributed by atoms with van der Waals surface area (Å²) in [5, 5.41) is 14.5. The number of para-hydroxylation sites is 1. The molecule has 194 valence electrons. The summed E-state index contributed by atoms with van der Waals surface area (Å²) in [6, 6.07) is 25.0. The van der Waals surface area contributed by atoms with E-state index in [1.165, 1.54) is 4.57 Å². The molecule has 0 atom stereocenters. The SMILES string of the molecule is CCCCc1nc2[nH]c(=O)n(-c3ccccc3)c(=O)c2n1Cc1ccc(-c2ccccc2-c2nn[nH]n2)cc1. The smallest absolute Gasteiger partial charge is 0.318 e. The number of aromatic nitrogens is 8. The van der Waals surface area contributed by atoms with Crippen molar-refractivity contribution in [1.82, 2.24) is 39.7 Å². The molecule has 6 aromatic rings. The first kappa shape index (κ1) is 24.2. The predicted octanol–water partition coefficient (Wildman–Crippen LogP) is 4.11. The van der Waals surface area contributed by atoms with Crippen molar-refractivity contribution < 1.29 is 0 Å². The van der Waals surface area contributed by atoms with Crippen LogP contribution in [0.25, 0.3) is 39.4 Å². The highest BCUT2D eigenvalue weighted by Crippen LogP contribution is 2.30. The molecule has 0 spiro atoms. The van der Waals surface area contributed by atoms with Gasteiger partial charge in [-0.2, -0.15) is 5.21 Å². The highest BCUT2D eigenvalue weighted by Gasteiger charge is 2.19. The standard InChI is InChI=1S/C29H26N8O2/c1-2-3-13-24-30-27-25(28(38)37(29(39)31-27)21-9-5-4-6-10-21)36(24)18-19-14-16-20(17-15-19)22-11-7-8-12-23(22)26-32-34-35-33-26/h4-12,14-17H,2-3,13,18H2,1H3,(H,31,39)(H,32,33,34,35). The van der Waals surface area contributed by atoms with Crippen LogP contribution in [0.1, 0.15) is 31.2 Å². The van der Waals surface area contributed by atoms with Gasteiger partial charge in [0, 0.05) is 18.5 Å². The molecule has 0 saturated carbocycles. The number of aromatic amines is 2. The van der Waals surface area contributed by atoms with Gasteiger partial charge in [-0.15, -0.1) is 10.2 Å². The van der Waals surface area contributed by atoms with Crippen molar-refractivity contribution in [2.45, 2.75) is 32.7 Å². The highest BCUT2D eigenvalue weighted by atomic mass is 16.2. The molecule has 3 heterocycles. The molecule has 3 aromatic heterocycles. The molecule has 0 radical (unpaired) electrons. The van der Waals surface area contributed by atoms with E-state index in [2.05, 4.69) is 37.5 Å². The fourth-order valence-corrected chi connectivity index (χ4v) is 4.84. The van der Waals surface area contributed by atoms with Crippen LogP contribution in [0, 0.1) is 0 Å². The van der Waals surface area contributed by atoms with Crippen LogP contribution in [-0.4, -0.2) is 39.7 Å². The lowest BCUT2D eigenvalue weighted by Crippen LogP contribution is -2.34. The van der Waals surface area contributed by atoms with Gasteiger partial charge < -0.3 is 4.57 Å². The van der Waals surface area contributed by atoms with Crippen molar-refractivity contribution in [2.75, 3.05) is 0 Å². The average Bonchev–Trinajstić information content (AvgIpc) is 3.62. The maximum absolute atomic E-state index is 13.7. The Morgan fingerprint density at radius 1 is 0.872 bits per heavy atom. The molecule has 3 aromatic carbocycles. The summed E-state index contributed by atoms with van der Waals surface area (Å²) in [7, 11) is 0. The molecule has 0 amide bonds. The van der Waals surface area contributed by atoms with Gasteiger partial charge in [0.2, 0.25) is 5.82 Å². The molecule has 2 N–H and O–H groups in total. The van der Waals surface area contributed by atoms with E-state index in [9.17, 15) is 9.59 Å². The number of unbranched alkanes of at least 4 members (excludes halogenated alkanes) is 1. The van der Waals surface area contributed by atoms with E-state index in [0.29, 0.717) is 35.6 Å². The second-order valence-corrected chi connectivity index (χ2v) is 9.30. The minimum absolute atomic E-state index is 0.314. The number of tetrazole rings is 1. The first-order chi connectivity index (χ1) is 19.1. The summed E-state index contributed by atoms with van der Waals surface area (Å²) in [5.41, 5.74) is 4.21. The van der Waals surface area contributed by atoms with Gasteiger partial charge in [-0.05, 0) is 40.5 Å². The maximum Gasteiger partial charge on any atom is 0.334 e. The van der Waals surface area contributed by atoms with E-state index in [-0.39, 0.29) is 5.56 Å². The average molecular weight is 519 g/mol. The topological polar surface area (TPSA) is 127 Å². The van der Waals surface area contributed by atoms with Crippen molar-refractivity contribution in [3.8, 4) is 28.2 Å². The fraction of sp³-hybridized carbons (Fsp3) is 0.172. The minimum atomic E-state index is -0.505. The number of benzene rings is 3. The van der Waals surface area contributed by atoms with E-state index in [4.69, 9.17) is 0 Å². The Morgan fingerprint density at radius 3 is 2.33 bits per heavy atom. The van der Waals surface area contributed by atoms with E-state index >= 15 is 0 Å². The zero-order chi connectivity index (χ0) is 26.8. The Kier molecular flexibility index (Phi) is 6.42. The van der Waals surface area contributed by atoms with Crippen LogP contribution < -0.4 is 11.2 Å². The normalized spacial score (nSPS) is 11.3. The predicted molar refractivity (Wildman–Crippen MR) is 149 cm³/mol. The Hall–Kier alpha value is -5.12. The summed E-state index contributed by atoms with van der Waals surface area (Å²) >= 11 is 0. The van der Waals surface area contributed by atoms with Crippen molar-refractivity contribution in [3.05, 3.63) is 111 Å². The van der Waals surface area contributed by atoms with E-state index in [1.807, 2.05) is 59.2 Å². The molecule has 0 unspecified atom stereocenters. The number of hydrogen-bond donors (Lipinski definition) is 2. The third kappa shape index (κ3) is 4.56. The van der Waals surface area contributed by atoms with Crippen LogP contribution >= 0.6 is 0 Å². The number of nitrogens with zero attached hydrogens (tertiary/aromatic N) is 6. The van der Waals surface area contributed by atoms with E-state index < -0.39 is 5.69 Å². The molecule has 0 aliphatic heterocycles. The van der Waals surface area contributed by atoms with Gasteiger partial charge in [0.05, 0.1) is 5.69 Å². The van der Waals surface area contributed by atoms with Gasteiger partial charge in [0.15, 0.2) is 11.2 Å². The summed E-state index contributed by atoms with van der Waals surface area (Å²) in [5.74, 6) is 1.31. The van der Waals surface area contributed by atoms with Crippen LogP contribution in [0.3, 0.4) is 0 Å². The highest BCUT2D eigenvalue weighted by molar-refractivity contribution is 5.80. The molecule has 0 aliphatic rings. The second kappa shape index (κ2) is 10.3. The first-order valence-electron chi connectivity index (χ1n) is 12.9. The molecule has 0 aliphatic carbocycles. The van der Waals surface area contributed by atoms with Gasteiger partial charge in [0.25, 0.3) is 5.56 Å². The van der Waals surface area contributed by atoms with E-state index in [0.717, 1.165) is 40.9 Å². The Labute approximate surface area is 223 Å². The largest absolute Gasteiger partial charge is 0.334 e. The molecule has 10 heteroatoms. The van der Waals surface area contributed by atoms with Crippen LogP contribution in [0.15, 0.2) is 88.5 Å². The van der Waals surface area contributed by atoms with Gasteiger partial charge in [0.1, 0.15) is 5.82 Å². The van der Waals surface area contributed by atoms with Crippen LogP contribution in [0.4, 0.5) is 0 Å². The molecule has 39 heavy (non-hydrogen) atoms. The number of H-pyrrole nitrogens is 2. The number of hydrogen-bond acceptors (Lipinski definition) is 6. The Bertz CT molecular complexity index is 1850. The van der Waals surface area contributed by atoms with E-state index in [1.54, 1.807) is 24.3 Å². The summed E-state index contributed by atoms with van der Waals surface area (Å²) in [4.78, 5) is 34.1. The summed E-state index contributed by atoms with van der Waals surface area (Å²) in [6.45, 7) is 2.56. The van der Waals surface area contributed by atoms with Gasteiger partial charge in [-0.1, -0.05) is 80.1 Å². The lowest BCUT2D eigenvalue weighted by molar-refractivity contribution is 0.687. The van der Waals surface area contributed by atoms with Gasteiger partial charge >= 0.3 is 5.69 Å². The minimum Gasteiger partial charge on any atom is -0.318 e. The number of imidazole rings is 1. The quantitative estimate of drug-likeness (QED) is 0.312. The molecule has 6 rings (SSSR count). The molecule has 10 nitrogen and oxygen atoms in total. The third-order valence-electron chi connectivity index (χ3n) is 6.77. The Balaban J connectivity index is 1.42. The molecule has 0 saturated heterocycles. The lowest BCUT2D eigenvalue weighted by atomic mass is 9.98. The molecular formula is C29H26N8O2. The van der Waals surface area contributed by atoms with Gasteiger partial charge in [-0.25, -0.2) is 14.3 Å². The zero-order valence-electron chi connectivity index (χ0n) is 21.3. The monoisotopic (exact) mass is 518 g/mol. The number of aryl methyl sites for hydroxylation is 1. The van der Waals surface area contributed by atoms with Crippen LogP contribution in [0.2, 0.25) is 0 Å². The molecule has 0 bridgehead atoms. The number of fused-ring (bicyclic) bond motifs is 1. The molecule has 0 fully saturated rings. The van der Waals surface area contributed by atoms with Crippen molar-refractivity contribution in [2.24, 2.45) is 0 Å². The fourth-order valence-electron chi connectivity index (χ4n) is 4.84. The number of nitrogens with one attached hydrogen (secondary N) is 2. The van der Waals surface area contributed by atoms with Crippen molar-refractivity contribution in [3.63, 3.8) is 0 Å². The van der Waals surface area contributed by atoms with Crippen LogP contribution in [-0.2, 0) is 13.0 Å². The number of rotatable bonds is 8. The zero-order valence-corrected chi connectivity index (χ0v) is 21.3. The molecular weight excluding hydrogens is 492 g/mol. The van der Waals surface area contributed by atoms with Crippen molar-refractivity contribution in [1.29, 1.82) is 0 Å². The maximum atomic E-state index is 13.7. The first-order valence-corrected chi connectivity index (χ1v) is 12.9. The third-order valence-corrected chi connectivity index (χ3v) is 6.77. The van der Waals surface area contributed by atoms with Gasteiger partial charge in [-0.3, -0.25) is 9.78 Å².